The Labute approximate surface area is 104 Å². The molecule has 0 radical (unpaired) electrons. The molecule has 4 heteroatoms. The standard InChI is InChI=1S/C14H14O4/c15-13(8-3-4-9(18-8)14(16)17)12-10-6-1-2-7(5-6)11(10)12/h3-4,6-7,10-12H,1-2,5H2,(H,16,17). The molecule has 0 aromatic carbocycles. The largest absolute Gasteiger partial charge is 0.475 e. The molecule has 1 aromatic rings. The van der Waals surface area contributed by atoms with Crippen molar-refractivity contribution in [3.05, 3.63) is 23.7 Å². The average molecular weight is 246 g/mol. The van der Waals surface area contributed by atoms with Gasteiger partial charge in [-0.1, -0.05) is 0 Å². The highest BCUT2D eigenvalue weighted by Gasteiger charge is 2.67. The van der Waals surface area contributed by atoms with Gasteiger partial charge in [0.25, 0.3) is 0 Å². The number of carbonyl (C=O) groups is 2. The van der Waals surface area contributed by atoms with E-state index < -0.39 is 5.97 Å². The quantitative estimate of drug-likeness (QED) is 0.832. The zero-order valence-electron chi connectivity index (χ0n) is 9.83. The second kappa shape index (κ2) is 3.25. The topological polar surface area (TPSA) is 67.5 Å². The fraction of sp³-hybridized carbons (Fsp3) is 0.571. The summed E-state index contributed by atoms with van der Waals surface area (Å²) in [6.45, 7) is 0. The summed E-state index contributed by atoms with van der Waals surface area (Å²) in [4.78, 5) is 23.0. The van der Waals surface area contributed by atoms with Gasteiger partial charge in [-0.25, -0.2) is 4.79 Å². The second-order valence-electron chi connectivity index (χ2n) is 5.85. The van der Waals surface area contributed by atoms with Crippen LogP contribution in [-0.2, 0) is 0 Å². The van der Waals surface area contributed by atoms with E-state index in [0.29, 0.717) is 11.8 Å². The second-order valence-corrected chi connectivity index (χ2v) is 5.85. The maximum atomic E-state index is 12.3. The SMILES string of the molecule is O=C(O)c1ccc(C(=O)C2C3C4CCC(C4)C23)o1. The Hall–Kier alpha value is -1.58. The van der Waals surface area contributed by atoms with E-state index in [4.69, 9.17) is 9.52 Å². The number of carboxylic acids is 1. The van der Waals surface area contributed by atoms with Gasteiger partial charge in [0, 0.05) is 5.92 Å². The van der Waals surface area contributed by atoms with Crippen LogP contribution in [0.15, 0.2) is 16.5 Å². The summed E-state index contributed by atoms with van der Waals surface area (Å²) in [5.74, 6) is 1.71. The lowest BCUT2D eigenvalue weighted by molar-refractivity contribution is 0.0659. The molecule has 1 N–H and O–H groups in total. The predicted octanol–water partition coefficient (Wildman–Crippen LogP) is 2.45. The van der Waals surface area contributed by atoms with Crippen molar-refractivity contribution in [3.8, 4) is 0 Å². The van der Waals surface area contributed by atoms with Gasteiger partial charge in [0.15, 0.2) is 5.76 Å². The van der Waals surface area contributed by atoms with Crippen molar-refractivity contribution in [2.75, 3.05) is 0 Å². The molecule has 0 saturated heterocycles. The fourth-order valence-corrected chi connectivity index (χ4v) is 4.43. The summed E-state index contributed by atoms with van der Waals surface area (Å²) < 4.78 is 5.12. The molecule has 18 heavy (non-hydrogen) atoms. The first-order valence-electron chi connectivity index (χ1n) is 6.54. The van der Waals surface area contributed by atoms with Crippen molar-refractivity contribution < 1.29 is 19.1 Å². The van der Waals surface area contributed by atoms with E-state index in [2.05, 4.69) is 0 Å². The fourth-order valence-electron chi connectivity index (χ4n) is 4.43. The van der Waals surface area contributed by atoms with Crippen LogP contribution in [0, 0.1) is 29.6 Å². The maximum Gasteiger partial charge on any atom is 0.371 e. The van der Waals surface area contributed by atoms with Crippen LogP contribution in [0.2, 0.25) is 0 Å². The highest BCUT2D eigenvalue weighted by Crippen LogP contribution is 2.69. The number of Topliss-reactive ketones (excluding diaryl/α,β-unsaturated/α-hetero) is 1. The van der Waals surface area contributed by atoms with Crippen molar-refractivity contribution in [3.63, 3.8) is 0 Å². The van der Waals surface area contributed by atoms with Gasteiger partial charge in [-0.05, 0) is 55.1 Å². The summed E-state index contributed by atoms with van der Waals surface area (Å²) >= 11 is 0. The molecule has 0 amide bonds. The Morgan fingerprint density at radius 1 is 1.11 bits per heavy atom. The summed E-state index contributed by atoms with van der Waals surface area (Å²) in [6.07, 6.45) is 3.85. The number of furan rings is 1. The number of aromatic carboxylic acids is 1. The normalized spacial score (nSPS) is 39.7. The lowest BCUT2D eigenvalue weighted by atomic mass is 9.99. The van der Waals surface area contributed by atoms with E-state index >= 15 is 0 Å². The van der Waals surface area contributed by atoms with E-state index in [1.54, 1.807) is 0 Å². The zero-order valence-corrected chi connectivity index (χ0v) is 9.83. The molecule has 4 unspecified atom stereocenters. The first kappa shape index (κ1) is 10.4. The van der Waals surface area contributed by atoms with Crippen molar-refractivity contribution in [1.82, 2.24) is 0 Å². The van der Waals surface area contributed by atoms with Gasteiger partial charge >= 0.3 is 5.97 Å². The van der Waals surface area contributed by atoms with Crippen molar-refractivity contribution in [2.45, 2.75) is 19.3 Å². The van der Waals surface area contributed by atoms with Crippen molar-refractivity contribution in [1.29, 1.82) is 0 Å². The molecule has 3 aliphatic rings. The lowest BCUT2D eigenvalue weighted by Crippen LogP contribution is -2.09. The Balaban J connectivity index is 1.56. The molecular formula is C14H14O4. The summed E-state index contributed by atoms with van der Waals surface area (Å²) in [5.41, 5.74) is 0. The Bertz CT molecular complexity index is 528. The van der Waals surface area contributed by atoms with Crippen LogP contribution >= 0.6 is 0 Å². The zero-order chi connectivity index (χ0) is 12.4. The van der Waals surface area contributed by atoms with Crippen LogP contribution in [-0.4, -0.2) is 16.9 Å². The van der Waals surface area contributed by atoms with Crippen molar-refractivity contribution >= 4 is 11.8 Å². The highest BCUT2D eigenvalue weighted by molar-refractivity contribution is 5.99. The molecule has 0 spiro atoms. The molecule has 94 valence electrons. The first-order valence-corrected chi connectivity index (χ1v) is 6.54. The van der Waals surface area contributed by atoms with E-state index in [0.717, 1.165) is 11.8 Å². The van der Waals surface area contributed by atoms with Gasteiger partial charge in [-0.15, -0.1) is 0 Å². The van der Waals surface area contributed by atoms with Crippen LogP contribution in [0.1, 0.15) is 40.4 Å². The van der Waals surface area contributed by atoms with E-state index in [1.165, 1.54) is 31.4 Å². The summed E-state index contributed by atoms with van der Waals surface area (Å²) in [7, 11) is 0. The lowest BCUT2D eigenvalue weighted by Gasteiger charge is -2.05. The Morgan fingerprint density at radius 2 is 1.72 bits per heavy atom. The minimum Gasteiger partial charge on any atom is -0.475 e. The van der Waals surface area contributed by atoms with Gasteiger partial charge in [0.05, 0.1) is 0 Å². The molecule has 4 atom stereocenters. The molecule has 3 fully saturated rings. The van der Waals surface area contributed by atoms with Gasteiger partial charge in [-0.3, -0.25) is 4.79 Å². The number of carbonyl (C=O) groups excluding carboxylic acids is 1. The molecule has 0 aliphatic heterocycles. The molecule has 1 heterocycles. The van der Waals surface area contributed by atoms with Crippen LogP contribution in [0.5, 0.6) is 0 Å². The number of carboxylic acid groups (broad SMARTS) is 1. The predicted molar refractivity (Wildman–Crippen MR) is 61.3 cm³/mol. The van der Waals surface area contributed by atoms with Crippen LogP contribution in [0.4, 0.5) is 0 Å². The van der Waals surface area contributed by atoms with Gasteiger partial charge in [0.1, 0.15) is 0 Å². The third-order valence-electron chi connectivity index (χ3n) is 5.10. The maximum absolute atomic E-state index is 12.3. The Morgan fingerprint density at radius 3 is 2.28 bits per heavy atom. The molecule has 1 aromatic heterocycles. The number of rotatable bonds is 3. The minimum absolute atomic E-state index is 0.0223. The molecular weight excluding hydrogens is 232 g/mol. The summed E-state index contributed by atoms with van der Waals surface area (Å²) in [5, 5.41) is 8.78. The van der Waals surface area contributed by atoms with E-state index in [-0.39, 0.29) is 23.2 Å². The number of hydrogen-bond acceptors (Lipinski definition) is 3. The molecule has 4 nitrogen and oxygen atoms in total. The smallest absolute Gasteiger partial charge is 0.371 e. The Kier molecular flexibility index (Phi) is 1.87. The number of ketones is 1. The number of fused-ring (bicyclic) bond motifs is 5. The molecule has 3 aliphatic carbocycles. The molecule has 3 saturated carbocycles. The summed E-state index contributed by atoms with van der Waals surface area (Å²) in [6, 6.07) is 2.87. The van der Waals surface area contributed by atoms with E-state index in [9.17, 15) is 9.59 Å². The van der Waals surface area contributed by atoms with E-state index in [1.807, 2.05) is 0 Å². The number of hydrogen-bond donors (Lipinski definition) is 1. The van der Waals surface area contributed by atoms with Crippen LogP contribution < -0.4 is 0 Å². The third-order valence-corrected chi connectivity index (χ3v) is 5.10. The van der Waals surface area contributed by atoms with Crippen LogP contribution in [0.3, 0.4) is 0 Å². The van der Waals surface area contributed by atoms with Gasteiger partial charge in [0.2, 0.25) is 11.5 Å². The minimum atomic E-state index is -1.12. The van der Waals surface area contributed by atoms with Crippen molar-refractivity contribution in [2.24, 2.45) is 29.6 Å². The highest BCUT2D eigenvalue weighted by atomic mass is 16.4. The molecule has 4 rings (SSSR count). The first-order chi connectivity index (χ1) is 8.66. The van der Waals surface area contributed by atoms with Gasteiger partial charge < -0.3 is 9.52 Å². The monoisotopic (exact) mass is 246 g/mol. The third kappa shape index (κ3) is 1.21. The average Bonchev–Trinajstić information content (AvgIpc) is 2.79. The van der Waals surface area contributed by atoms with Gasteiger partial charge in [-0.2, -0.15) is 0 Å². The van der Waals surface area contributed by atoms with Crippen LogP contribution in [0.25, 0.3) is 0 Å². The molecule has 2 bridgehead atoms.